The highest BCUT2D eigenvalue weighted by Gasteiger charge is 2.14. The molecule has 4 nitrogen and oxygen atoms in total. The predicted molar refractivity (Wildman–Crippen MR) is 76.5 cm³/mol. The summed E-state index contributed by atoms with van der Waals surface area (Å²) in [5.74, 6) is -1.00. The van der Waals surface area contributed by atoms with Crippen LogP contribution in [-0.2, 0) is 11.2 Å². The Bertz CT molecular complexity index is 586. The van der Waals surface area contributed by atoms with Crippen LogP contribution in [0.1, 0.15) is 17.5 Å². The Morgan fingerprint density at radius 3 is 2.95 bits per heavy atom. The van der Waals surface area contributed by atoms with Crippen LogP contribution in [0.15, 0.2) is 48.7 Å². The van der Waals surface area contributed by atoms with Gasteiger partial charge in [-0.1, -0.05) is 24.8 Å². The number of hydrogen-bond donors (Lipinski definition) is 3. The van der Waals surface area contributed by atoms with Gasteiger partial charge in [0.1, 0.15) is 0 Å². The summed E-state index contributed by atoms with van der Waals surface area (Å²) in [6, 6.07) is 5.91. The number of hydrogen-bond acceptors (Lipinski definition) is 3. The fourth-order valence-electron chi connectivity index (χ4n) is 2.13. The minimum absolute atomic E-state index is 0.508. The first kappa shape index (κ1) is 13.0. The lowest BCUT2D eigenvalue weighted by molar-refractivity contribution is -0.131. The highest BCUT2D eigenvalue weighted by atomic mass is 16.4. The van der Waals surface area contributed by atoms with E-state index in [1.807, 2.05) is 18.2 Å². The number of carboxylic acids is 1. The molecule has 4 N–H and O–H groups in total. The highest BCUT2D eigenvalue weighted by molar-refractivity contribution is 5.82. The topological polar surface area (TPSA) is 75.3 Å². The van der Waals surface area contributed by atoms with E-state index in [2.05, 4.69) is 18.0 Å². The van der Waals surface area contributed by atoms with Gasteiger partial charge in [0.2, 0.25) is 0 Å². The standard InChI is InChI=1S/C15H16N2O2/c1-10(8-9-14(18)19)17-13-7-3-5-11-4-2-6-12(16)15(11)13/h3,5-9,17H,1-2,4,16H2,(H,18,19). The van der Waals surface area contributed by atoms with Crippen LogP contribution in [0.5, 0.6) is 0 Å². The molecular formula is C15H16N2O2. The van der Waals surface area contributed by atoms with Gasteiger partial charge in [-0.05, 0) is 30.5 Å². The fourth-order valence-corrected chi connectivity index (χ4v) is 2.13. The Hall–Kier alpha value is -2.49. The summed E-state index contributed by atoms with van der Waals surface area (Å²) in [7, 11) is 0. The van der Waals surface area contributed by atoms with Gasteiger partial charge >= 0.3 is 5.97 Å². The molecule has 0 heterocycles. The third kappa shape index (κ3) is 3.04. The molecule has 0 unspecified atom stereocenters. The molecule has 1 aliphatic rings. The van der Waals surface area contributed by atoms with E-state index in [-0.39, 0.29) is 0 Å². The minimum Gasteiger partial charge on any atom is -0.478 e. The maximum atomic E-state index is 10.5. The second kappa shape index (κ2) is 5.44. The van der Waals surface area contributed by atoms with Crippen LogP contribution in [0, 0.1) is 0 Å². The van der Waals surface area contributed by atoms with Crippen LogP contribution in [0.3, 0.4) is 0 Å². The molecule has 0 spiro atoms. The summed E-state index contributed by atoms with van der Waals surface area (Å²) in [4.78, 5) is 10.5. The Morgan fingerprint density at radius 1 is 1.42 bits per heavy atom. The molecule has 0 aromatic heterocycles. The Morgan fingerprint density at radius 2 is 2.21 bits per heavy atom. The van der Waals surface area contributed by atoms with Gasteiger partial charge in [0.05, 0.1) is 0 Å². The summed E-state index contributed by atoms with van der Waals surface area (Å²) in [6.45, 7) is 3.77. The monoisotopic (exact) mass is 256 g/mol. The number of nitrogens with one attached hydrogen (secondary N) is 1. The average molecular weight is 256 g/mol. The first-order valence-electron chi connectivity index (χ1n) is 6.03. The van der Waals surface area contributed by atoms with E-state index in [4.69, 9.17) is 10.8 Å². The molecule has 98 valence electrons. The summed E-state index contributed by atoms with van der Waals surface area (Å²) < 4.78 is 0. The van der Waals surface area contributed by atoms with Gasteiger partial charge in [0.15, 0.2) is 0 Å². The smallest absolute Gasteiger partial charge is 0.328 e. The number of anilines is 1. The molecule has 0 amide bonds. The molecule has 1 aromatic carbocycles. The van der Waals surface area contributed by atoms with Gasteiger partial charge < -0.3 is 16.2 Å². The number of allylic oxidation sites excluding steroid dienone is 2. The van der Waals surface area contributed by atoms with Crippen molar-refractivity contribution < 1.29 is 9.90 Å². The second-order valence-corrected chi connectivity index (χ2v) is 4.36. The molecule has 4 heteroatoms. The molecule has 0 atom stereocenters. The van der Waals surface area contributed by atoms with Crippen LogP contribution >= 0.6 is 0 Å². The lowest BCUT2D eigenvalue weighted by Gasteiger charge is -2.19. The maximum absolute atomic E-state index is 10.5. The molecule has 1 aliphatic carbocycles. The molecule has 0 fully saturated rings. The van der Waals surface area contributed by atoms with Crippen LogP contribution in [0.2, 0.25) is 0 Å². The number of aliphatic carboxylic acids is 1. The molecular weight excluding hydrogens is 240 g/mol. The molecule has 0 saturated heterocycles. The van der Waals surface area contributed by atoms with Crippen molar-refractivity contribution in [2.45, 2.75) is 12.8 Å². The summed E-state index contributed by atoms with van der Waals surface area (Å²) in [5, 5.41) is 11.7. The van der Waals surface area contributed by atoms with Gasteiger partial charge in [-0.25, -0.2) is 4.79 Å². The lowest BCUT2D eigenvalue weighted by atomic mass is 9.93. The zero-order valence-electron chi connectivity index (χ0n) is 10.5. The van der Waals surface area contributed by atoms with Gasteiger partial charge in [0.25, 0.3) is 0 Å². The van der Waals surface area contributed by atoms with Crippen LogP contribution in [-0.4, -0.2) is 11.1 Å². The maximum Gasteiger partial charge on any atom is 0.328 e. The lowest BCUT2D eigenvalue weighted by Crippen LogP contribution is -2.10. The van der Waals surface area contributed by atoms with Crippen molar-refractivity contribution in [3.05, 3.63) is 59.8 Å². The van der Waals surface area contributed by atoms with Crippen molar-refractivity contribution in [2.24, 2.45) is 5.73 Å². The van der Waals surface area contributed by atoms with Crippen molar-refractivity contribution in [3.63, 3.8) is 0 Å². The third-order valence-electron chi connectivity index (χ3n) is 2.94. The largest absolute Gasteiger partial charge is 0.478 e. The van der Waals surface area contributed by atoms with Crippen LogP contribution in [0.25, 0.3) is 5.70 Å². The van der Waals surface area contributed by atoms with Crippen molar-refractivity contribution in [2.75, 3.05) is 5.32 Å². The highest BCUT2D eigenvalue weighted by Crippen LogP contribution is 2.30. The Labute approximate surface area is 111 Å². The number of nitrogens with two attached hydrogens (primary N) is 1. The predicted octanol–water partition coefficient (Wildman–Crippen LogP) is 2.50. The minimum atomic E-state index is -1.00. The summed E-state index contributed by atoms with van der Waals surface area (Å²) >= 11 is 0. The van der Waals surface area contributed by atoms with Crippen LogP contribution in [0.4, 0.5) is 5.69 Å². The number of carboxylic acid groups (broad SMARTS) is 1. The molecule has 19 heavy (non-hydrogen) atoms. The first-order chi connectivity index (χ1) is 9.08. The molecule has 0 bridgehead atoms. The van der Waals surface area contributed by atoms with Gasteiger partial charge in [-0.2, -0.15) is 0 Å². The molecule has 0 aliphatic heterocycles. The van der Waals surface area contributed by atoms with Gasteiger partial charge in [-0.15, -0.1) is 0 Å². The van der Waals surface area contributed by atoms with Gasteiger partial charge in [-0.3, -0.25) is 0 Å². The number of aryl methyl sites for hydroxylation is 1. The van der Waals surface area contributed by atoms with Crippen molar-refractivity contribution in [1.29, 1.82) is 0 Å². The molecule has 2 rings (SSSR count). The summed E-state index contributed by atoms with van der Waals surface area (Å²) in [6.07, 6.45) is 6.38. The number of benzene rings is 1. The summed E-state index contributed by atoms with van der Waals surface area (Å²) in [5.41, 5.74) is 10.3. The number of carbonyl (C=O) groups is 1. The quantitative estimate of drug-likeness (QED) is 0.571. The van der Waals surface area contributed by atoms with Gasteiger partial charge in [0, 0.05) is 28.7 Å². The SMILES string of the molecule is C=C(C=CC(=O)O)Nc1cccc2c1C(N)=CCC2. The normalized spacial score (nSPS) is 13.8. The third-order valence-corrected chi connectivity index (χ3v) is 2.94. The van der Waals surface area contributed by atoms with E-state index < -0.39 is 5.97 Å². The molecule has 0 radical (unpaired) electrons. The van der Waals surface area contributed by atoms with E-state index in [0.29, 0.717) is 5.70 Å². The molecule has 0 saturated carbocycles. The van der Waals surface area contributed by atoms with E-state index in [1.165, 1.54) is 11.6 Å². The molecule has 1 aromatic rings. The Kier molecular flexibility index (Phi) is 3.71. The van der Waals surface area contributed by atoms with Crippen molar-refractivity contribution >= 4 is 17.4 Å². The second-order valence-electron chi connectivity index (χ2n) is 4.36. The van der Waals surface area contributed by atoms with E-state index in [9.17, 15) is 4.79 Å². The van der Waals surface area contributed by atoms with E-state index in [0.717, 1.165) is 35.9 Å². The van der Waals surface area contributed by atoms with Crippen LogP contribution < -0.4 is 11.1 Å². The fraction of sp³-hybridized carbons (Fsp3) is 0.133. The van der Waals surface area contributed by atoms with E-state index in [1.54, 1.807) is 0 Å². The van der Waals surface area contributed by atoms with Crippen molar-refractivity contribution in [1.82, 2.24) is 0 Å². The number of fused-ring (bicyclic) bond motifs is 1. The first-order valence-corrected chi connectivity index (χ1v) is 6.03. The zero-order chi connectivity index (χ0) is 13.8. The average Bonchev–Trinajstić information content (AvgIpc) is 2.37. The number of rotatable bonds is 4. The zero-order valence-corrected chi connectivity index (χ0v) is 10.5. The Balaban J connectivity index is 2.25. The van der Waals surface area contributed by atoms with Crippen molar-refractivity contribution in [3.8, 4) is 0 Å². The van der Waals surface area contributed by atoms with E-state index >= 15 is 0 Å².